The van der Waals surface area contributed by atoms with Crippen LogP contribution in [0, 0.1) is 12.3 Å². The van der Waals surface area contributed by atoms with Crippen molar-refractivity contribution in [1.82, 2.24) is 0 Å². The van der Waals surface area contributed by atoms with Crippen molar-refractivity contribution in [2.75, 3.05) is 25.1 Å². The zero-order chi connectivity index (χ0) is 18.4. The number of halogens is 1. The first-order valence-electron chi connectivity index (χ1n) is 9.00. The quantitative estimate of drug-likeness (QED) is 0.788. The van der Waals surface area contributed by atoms with Gasteiger partial charge in [0.25, 0.3) is 0 Å². The molecule has 2 aromatic rings. The number of para-hydroxylation sites is 1. The number of benzene rings is 2. The average molecular weight is 391 g/mol. The third kappa shape index (κ3) is 5.01. The molecule has 0 aliphatic carbocycles. The highest BCUT2D eigenvalue weighted by atomic mass is 35.5. The summed E-state index contributed by atoms with van der Waals surface area (Å²) in [6.45, 7) is 3.94. The molecule has 1 fully saturated rings. The van der Waals surface area contributed by atoms with Gasteiger partial charge in [-0.1, -0.05) is 30.3 Å². The predicted molar refractivity (Wildman–Crippen MR) is 109 cm³/mol. The SMILES string of the molecule is Cc1c(COc2ccccc2)cccc1NC(=O)C1(CN)CCOCC1.Cl. The van der Waals surface area contributed by atoms with Gasteiger partial charge in [0.1, 0.15) is 12.4 Å². The zero-order valence-corrected chi connectivity index (χ0v) is 16.4. The van der Waals surface area contributed by atoms with Crippen LogP contribution in [0.2, 0.25) is 0 Å². The molecule has 1 heterocycles. The molecule has 5 nitrogen and oxygen atoms in total. The van der Waals surface area contributed by atoms with Crippen LogP contribution in [0.1, 0.15) is 24.0 Å². The molecule has 146 valence electrons. The van der Waals surface area contributed by atoms with Crippen molar-refractivity contribution in [2.45, 2.75) is 26.4 Å². The van der Waals surface area contributed by atoms with E-state index in [0.29, 0.717) is 39.2 Å². The Morgan fingerprint density at radius 1 is 1.15 bits per heavy atom. The monoisotopic (exact) mass is 390 g/mol. The number of rotatable bonds is 6. The van der Waals surface area contributed by atoms with Crippen LogP contribution in [0.5, 0.6) is 5.75 Å². The van der Waals surface area contributed by atoms with Crippen molar-refractivity contribution in [3.63, 3.8) is 0 Å². The van der Waals surface area contributed by atoms with E-state index in [1.165, 1.54) is 0 Å². The molecule has 0 atom stereocenters. The molecule has 3 N–H and O–H groups in total. The molecule has 0 radical (unpaired) electrons. The summed E-state index contributed by atoms with van der Waals surface area (Å²) >= 11 is 0. The third-order valence-corrected chi connectivity index (χ3v) is 5.15. The molecule has 6 heteroatoms. The molecule has 1 aliphatic heterocycles. The van der Waals surface area contributed by atoms with Crippen molar-refractivity contribution in [3.8, 4) is 5.75 Å². The fraction of sp³-hybridized carbons (Fsp3) is 0.381. The van der Waals surface area contributed by atoms with Crippen LogP contribution in [0.15, 0.2) is 48.5 Å². The summed E-state index contributed by atoms with van der Waals surface area (Å²) in [5, 5.41) is 3.08. The predicted octanol–water partition coefficient (Wildman–Crippen LogP) is 3.69. The molecule has 0 aromatic heterocycles. The lowest BCUT2D eigenvalue weighted by molar-refractivity contribution is -0.130. The summed E-state index contributed by atoms with van der Waals surface area (Å²) in [5.41, 5.74) is 8.26. The highest BCUT2D eigenvalue weighted by molar-refractivity contribution is 5.96. The molecule has 27 heavy (non-hydrogen) atoms. The highest BCUT2D eigenvalue weighted by Gasteiger charge is 2.38. The Balaban J connectivity index is 0.00000261. The Hall–Kier alpha value is -2.08. The number of carbonyl (C=O) groups is 1. The molecule has 0 bridgehead atoms. The lowest BCUT2D eigenvalue weighted by atomic mass is 9.79. The summed E-state index contributed by atoms with van der Waals surface area (Å²) in [6.07, 6.45) is 1.32. The summed E-state index contributed by atoms with van der Waals surface area (Å²) in [7, 11) is 0. The number of anilines is 1. The molecule has 1 aliphatic rings. The first-order valence-corrected chi connectivity index (χ1v) is 9.00. The summed E-state index contributed by atoms with van der Waals surface area (Å²) in [6, 6.07) is 15.6. The van der Waals surface area contributed by atoms with Crippen LogP contribution >= 0.6 is 12.4 Å². The van der Waals surface area contributed by atoms with E-state index in [0.717, 1.165) is 22.6 Å². The van der Waals surface area contributed by atoms with Crippen LogP contribution < -0.4 is 15.8 Å². The molecule has 1 saturated heterocycles. The van der Waals surface area contributed by atoms with E-state index in [1.54, 1.807) is 0 Å². The van der Waals surface area contributed by atoms with E-state index in [-0.39, 0.29) is 18.3 Å². The van der Waals surface area contributed by atoms with Gasteiger partial charge < -0.3 is 20.5 Å². The normalized spacial score (nSPS) is 15.5. The first kappa shape index (κ1) is 21.2. The van der Waals surface area contributed by atoms with Gasteiger partial charge >= 0.3 is 0 Å². The molecular weight excluding hydrogens is 364 g/mol. The number of nitrogens with two attached hydrogens (primary N) is 1. The Labute approximate surface area is 166 Å². The first-order chi connectivity index (χ1) is 12.6. The average Bonchev–Trinajstić information content (AvgIpc) is 2.70. The topological polar surface area (TPSA) is 73.6 Å². The smallest absolute Gasteiger partial charge is 0.232 e. The second-order valence-electron chi connectivity index (χ2n) is 6.74. The summed E-state index contributed by atoms with van der Waals surface area (Å²) in [4.78, 5) is 12.9. The number of hydrogen-bond acceptors (Lipinski definition) is 4. The van der Waals surface area contributed by atoms with Gasteiger partial charge in [0.05, 0.1) is 5.41 Å². The molecule has 1 amide bonds. The van der Waals surface area contributed by atoms with Gasteiger partial charge in [-0.15, -0.1) is 12.4 Å². The van der Waals surface area contributed by atoms with E-state index >= 15 is 0 Å². The van der Waals surface area contributed by atoms with Crippen molar-refractivity contribution in [3.05, 3.63) is 59.7 Å². The number of nitrogens with one attached hydrogen (secondary N) is 1. The summed E-state index contributed by atoms with van der Waals surface area (Å²) < 4.78 is 11.2. The second kappa shape index (κ2) is 9.74. The van der Waals surface area contributed by atoms with Gasteiger partial charge in [0.15, 0.2) is 0 Å². The molecule has 2 aromatic carbocycles. The highest BCUT2D eigenvalue weighted by Crippen LogP contribution is 2.32. The molecule has 0 saturated carbocycles. The van der Waals surface area contributed by atoms with Gasteiger partial charge in [-0.05, 0) is 49.1 Å². The third-order valence-electron chi connectivity index (χ3n) is 5.15. The van der Waals surface area contributed by atoms with Gasteiger partial charge in [0, 0.05) is 25.4 Å². The maximum atomic E-state index is 12.9. The van der Waals surface area contributed by atoms with Crippen molar-refractivity contribution in [2.24, 2.45) is 11.1 Å². The summed E-state index contributed by atoms with van der Waals surface area (Å²) in [5.74, 6) is 0.804. The van der Waals surface area contributed by atoms with E-state index < -0.39 is 5.41 Å². The van der Waals surface area contributed by atoms with Gasteiger partial charge in [0.2, 0.25) is 5.91 Å². The van der Waals surface area contributed by atoms with E-state index in [4.69, 9.17) is 15.2 Å². The van der Waals surface area contributed by atoms with Crippen molar-refractivity contribution < 1.29 is 14.3 Å². The lowest BCUT2D eigenvalue weighted by Crippen LogP contribution is -2.46. The van der Waals surface area contributed by atoms with Gasteiger partial charge in [-0.3, -0.25) is 4.79 Å². The standard InChI is InChI=1S/C21H26N2O3.ClH/c1-16-17(14-26-18-7-3-2-4-8-18)6-5-9-19(16)23-20(24)21(15-22)10-12-25-13-11-21;/h2-9H,10-15,22H2,1H3,(H,23,24);1H. The van der Waals surface area contributed by atoms with Crippen LogP contribution in [0.4, 0.5) is 5.69 Å². The van der Waals surface area contributed by atoms with Crippen LogP contribution in [-0.4, -0.2) is 25.7 Å². The molecule has 0 unspecified atom stereocenters. The van der Waals surface area contributed by atoms with Gasteiger partial charge in [-0.25, -0.2) is 0 Å². The Morgan fingerprint density at radius 3 is 2.52 bits per heavy atom. The molecule has 3 rings (SSSR count). The van der Waals surface area contributed by atoms with Gasteiger partial charge in [-0.2, -0.15) is 0 Å². The zero-order valence-electron chi connectivity index (χ0n) is 15.6. The number of carbonyl (C=O) groups excluding carboxylic acids is 1. The van der Waals surface area contributed by atoms with Crippen LogP contribution in [-0.2, 0) is 16.1 Å². The number of amides is 1. The Bertz CT molecular complexity index is 746. The molecular formula is C21H27ClN2O3. The minimum atomic E-state index is -0.540. The minimum absolute atomic E-state index is 0. The largest absolute Gasteiger partial charge is 0.489 e. The second-order valence-corrected chi connectivity index (χ2v) is 6.74. The van der Waals surface area contributed by atoms with E-state index in [9.17, 15) is 4.79 Å². The maximum absolute atomic E-state index is 12.9. The van der Waals surface area contributed by atoms with Crippen molar-refractivity contribution >= 4 is 24.0 Å². The van der Waals surface area contributed by atoms with Crippen molar-refractivity contribution in [1.29, 1.82) is 0 Å². The van der Waals surface area contributed by atoms with Crippen LogP contribution in [0.25, 0.3) is 0 Å². The van der Waals surface area contributed by atoms with E-state index in [1.807, 2.05) is 55.5 Å². The number of hydrogen-bond donors (Lipinski definition) is 2. The van der Waals surface area contributed by atoms with E-state index in [2.05, 4.69) is 5.32 Å². The maximum Gasteiger partial charge on any atom is 0.232 e. The Kier molecular flexibility index (Phi) is 7.66. The lowest BCUT2D eigenvalue weighted by Gasteiger charge is -2.34. The minimum Gasteiger partial charge on any atom is -0.489 e. The number of ether oxygens (including phenoxy) is 2. The van der Waals surface area contributed by atoms with Crippen LogP contribution in [0.3, 0.4) is 0 Å². The fourth-order valence-corrected chi connectivity index (χ4v) is 3.19. The Morgan fingerprint density at radius 2 is 1.85 bits per heavy atom. The molecule has 0 spiro atoms. The fourth-order valence-electron chi connectivity index (χ4n) is 3.19.